The summed E-state index contributed by atoms with van der Waals surface area (Å²) in [7, 11) is 4.07. The maximum atomic E-state index is 11.3. The molecule has 120 valence electrons. The second kappa shape index (κ2) is 9.36. The molecule has 0 aromatic heterocycles. The van der Waals surface area contributed by atoms with E-state index in [1.165, 1.54) is 16.7 Å². The quantitative estimate of drug-likeness (QED) is 0.324. The molecule has 1 aromatic rings. The number of esters is 1. The van der Waals surface area contributed by atoms with Crippen molar-refractivity contribution in [1.29, 1.82) is 0 Å². The van der Waals surface area contributed by atoms with Crippen LogP contribution in [0.4, 0.5) is 5.69 Å². The Kier molecular flexibility index (Phi) is 7.82. The number of anilines is 1. The molecule has 0 aliphatic carbocycles. The lowest BCUT2D eigenvalue weighted by molar-refractivity contribution is -0.137. The van der Waals surface area contributed by atoms with Crippen molar-refractivity contribution in [3.63, 3.8) is 0 Å². The monoisotopic (exact) mass is 319 g/mol. The lowest BCUT2D eigenvalue weighted by Crippen LogP contribution is -2.07. The summed E-state index contributed by atoms with van der Waals surface area (Å²) >= 11 is 1.79. The summed E-state index contributed by atoms with van der Waals surface area (Å²) in [6, 6.07) is 8.50. The molecule has 0 amide bonds. The smallest absolute Gasteiger partial charge is 0.330 e. The van der Waals surface area contributed by atoms with Crippen molar-refractivity contribution in [3.05, 3.63) is 48.1 Å². The van der Waals surface area contributed by atoms with Gasteiger partial charge in [-0.15, -0.1) is 11.8 Å². The first-order chi connectivity index (χ1) is 10.4. The Morgan fingerprint density at radius 3 is 2.45 bits per heavy atom. The summed E-state index contributed by atoms with van der Waals surface area (Å²) in [6.45, 7) is 6.34. The lowest BCUT2D eigenvalue weighted by Gasteiger charge is -2.13. The summed E-state index contributed by atoms with van der Waals surface area (Å²) in [5.74, 6) is -0.296. The highest BCUT2D eigenvalue weighted by atomic mass is 32.2. The van der Waals surface area contributed by atoms with E-state index >= 15 is 0 Å². The number of allylic oxidation sites excluding steroid dienone is 2. The van der Waals surface area contributed by atoms with E-state index in [0.29, 0.717) is 11.9 Å². The number of ether oxygens (including phenoxy) is 1. The molecule has 22 heavy (non-hydrogen) atoms. The number of hydrogen-bond donors (Lipinski definition) is 0. The number of carbonyl (C=O) groups is 1. The first-order valence-corrected chi connectivity index (χ1v) is 8.27. The number of thioether (sulfide) groups is 1. The molecule has 0 aliphatic rings. The van der Waals surface area contributed by atoms with Crippen LogP contribution in [0, 0.1) is 0 Å². The summed E-state index contributed by atoms with van der Waals surface area (Å²) in [5, 5.41) is 0.331. The Hall–Kier alpha value is -1.68. The zero-order chi connectivity index (χ0) is 16.5. The van der Waals surface area contributed by atoms with Crippen LogP contribution in [0.25, 0.3) is 0 Å². The van der Waals surface area contributed by atoms with E-state index in [1.54, 1.807) is 24.8 Å². The van der Waals surface area contributed by atoms with Gasteiger partial charge in [0.05, 0.1) is 6.61 Å². The first kappa shape index (κ1) is 18.4. The minimum absolute atomic E-state index is 0.296. The Bertz CT molecular complexity index is 533. The van der Waals surface area contributed by atoms with Crippen LogP contribution in [0.5, 0.6) is 0 Å². The third-order valence-corrected chi connectivity index (χ3v) is 3.99. The molecule has 0 bridgehead atoms. The molecular formula is C18H25NO2S. The largest absolute Gasteiger partial charge is 0.463 e. The summed E-state index contributed by atoms with van der Waals surface area (Å²) in [5.41, 5.74) is 2.25. The van der Waals surface area contributed by atoms with Gasteiger partial charge in [-0.3, -0.25) is 0 Å². The lowest BCUT2D eigenvalue weighted by atomic mass is 10.2. The van der Waals surface area contributed by atoms with Crippen molar-refractivity contribution in [2.45, 2.75) is 30.9 Å². The molecule has 1 rings (SSSR count). The highest BCUT2D eigenvalue weighted by Gasteiger charge is 2.03. The van der Waals surface area contributed by atoms with E-state index in [-0.39, 0.29) is 5.97 Å². The van der Waals surface area contributed by atoms with Crippen LogP contribution in [-0.4, -0.2) is 31.9 Å². The highest BCUT2D eigenvalue weighted by Crippen LogP contribution is 2.26. The zero-order valence-corrected chi connectivity index (χ0v) is 14.8. The minimum Gasteiger partial charge on any atom is -0.463 e. The summed E-state index contributed by atoms with van der Waals surface area (Å²) in [4.78, 5) is 14.6. The summed E-state index contributed by atoms with van der Waals surface area (Å²) in [6.07, 6.45) is 5.41. The fourth-order valence-electron chi connectivity index (χ4n) is 1.89. The molecule has 0 fully saturated rings. The van der Waals surface area contributed by atoms with Crippen molar-refractivity contribution < 1.29 is 9.53 Å². The molecule has 3 nitrogen and oxygen atoms in total. The van der Waals surface area contributed by atoms with E-state index in [0.717, 1.165) is 5.57 Å². The Balaban J connectivity index is 2.58. The predicted octanol–water partition coefficient (Wildman–Crippen LogP) is 4.30. The Morgan fingerprint density at radius 1 is 1.27 bits per heavy atom. The van der Waals surface area contributed by atoms with Crippen LogP contribution < -0.4 is 4.90 Å². The number of carbonyl (C=O) groups excluding carboxylic acids is 1. The SMILES string of the molecule is CCOC(=O)/C=C/C(C)=C/C(C)Sc1ccc(N(C)C)cc1. The average Bonchev–Trinajstić information content (AvgIpc) is 2.46. The second-order valence-electron chi connectivity index (χ2n) is 5.21. The van der Waals surface area contributed by atoms with Crippen LogP contribution >= 0.6 is 11.8 Å². The van der Waals surface area contributed by atoms with Gasteiger partial charge < -0.3 is 9.64 Å². The first-order valence-electron chi connectivity index (χ1n) is 7.39. The van der Waals surface area contributed by atoms with Gasteiger partial charge in [0.15, 0.2) is 0 Å². The minimum atomic E-state index is -0.296. The van der Waals surface area contributed by atoms with Crippen molar-refractivity contribution in [3.8, 4) is 0 Å². The van der Waals surface area contributed by atoms with Crippen molar-refractivity contribution in [2.24, 2.45) is 0 Å². The van der Waals surface area contributed by atoms with Crippen LogP contribution in [-0.2, 0) is 9.53 Å². The van der Waals surface area contributed by atoms with Gasteiger partial charge in [0.25, 0.3) is 0 Å². The third-order valence-electron chi connectivity index (χ3n) is 2.94. The molecule has 4 heteroatoms. The standard InChI is InChI=1S/C18H25NO2S/c1-6-21-18(20)12-7-14(2)13-15(3)22-17-10-8-16(9-11-17)19(4)5/h7-13,15H,6H2,1-5H3/b12-7+,14-13+. The van der Waals surface area contributed by atoms with E-state index in [4.69, 9.17) is 4.74 Å². The van der Waals surface area contributed by atoms with Crippen LogP contribution in [0.1, 0.15) is 20.8 Å². The number of hydrogen-bond acceptors (Lipinski definition) is 4. The molecule has 0 N–H and O–H groups in total. The number of nitrogens with zero attached hydrogens (tertiary/aromatic N) is 1. The van der Waals surface area contributed by atoms with Gasteiger partial charge in [-0.05, 0) is 45.0 Å². The van der Waals surface area contributed by atoms with Gasteiger partial charge in [-0.25, -0.2) is 4.79 Å². The molecule has 1 unspecified atom stereocenters. The highest BCUT2D eigenvalue weighted by molar-refractivity contribution is 8.00. The Labute approximate surface area is 138 Å². The van der Waals surface area contributed by atoms with Gasteiger partial charge >= 0.3 is 5.97 Å². The number of rotatable bonds is 7. The van der Waals surface area contributed by atoms with E-state index in [2.05, 4.69) is 42.2 Å². The van der Waals surface area contributed by atoms with Crippen LogP contribution in [0.2, 0.25) is 0 Å². The molecule has 0 saturated carbocycles. The van der Waals surface area contributed by atoms with Crippen molar-refractivity contribution in [1.82, 2.24) is 0 Å². The fourth-order valence-corrected chi connectivity index (χ4v) is 2.89. The molecule has 0 saturated heterocycles. The van der Waals surface area contributed by atoms with Crippen LogP contribution in [0.3, 0.4) is 0 Å². The predicted molar refractivity (Wildman–Crippen MR) is 95.6 cm³/mol. The Morgan fingerprint density at radius 2 is 1.91 bits per heavy atom. The molecular weight excluding hydrogens is 294 g/mol. The van der Waals surface area contributed by atoms with Gasteiger partial charge in [-0.1, -0.05) is 17.7 Å². The third kappa shape index (κ3) is 6.85. The molecule has 0 heterocycles. The zero-order valence-electron chi connectivity index (χ0n) is 14.0. The molecule has 0 spiro atoms. The average molecular weight is 319 g/mol. The van der Waals surface area contributed by atoms with Gasteiger partial charge in [0, 0.05) is 36.0 Å². The van der Waals surface area contributed by atoms with Gasteiger partial charge in [0.2, 0.25) is 0 Å². The maximum Gasteiger partial charge on any atom is 0.330 e. The topological polar surface area (TPSA) is 29.5 Å². The maximum absolute atomic E-state index is 11.3. The molecule has 0 aliphatic heterocycles. The molecule has 1 atom stereocenters. The van der Waals surface area contributed by atoms with Crippen molar-refractivity contribution >= 4 is 23.4 Å². The van der Waals surface area contributed by atoms with Crippen LogP contribution in [0.15, 0.2) is 53.0 Å². The van der Waals surface area contributed by atoms with E-state index in [1.807, 2.05) is 21.0 Å². The van der Waals surface area contributed by atoms with Crippen molar-refractivity contribution in [2.75, 3.05) is 25.6 Å². The normalized spacial score (nSPS) is 13.2. The summed E-state index contributed by atoms with van der Waals surface area (Å²) < 4.78 is 4.86. The van der Waals surface area contributed by atoms with Gasteiger partial charge in [0.1, 0.15) is 0 Å². The molecule has 1 aromatic carbocycles. The fraction of sp³-hybridized carbons (Fsp3) is 0.389. The number of benzene rings is 1. The van der Waals surface area contributed by atoms with Gasteiger partial charge in [-0.2, -0.15) is 0 Å². The molecule has 0 radical (unpaired) electrons. The van der Waals surface area contributed by atoms with E-state index < -0.39 is 0 Å². The second-order valence-corrected chi connectivity index (χ2v) is 6.66. The van der Waals surface area contributed by atoms with E-state index in [9.17, 15) is 4.79 Å².